The number of methoxy groups -OCH3 is 2. The molecule has 1 saturated heterocycles. The van der Waals surface area contributed by atoms with Gasteiger partial charge in [0, 0.05) is 31.9 Å². The number of ketones is 1. The smallest absolute Gasteiger partial charge is 0.179 e. The second-order valence-electron chi connectivity index (χ2n) is 7.69. The van der Waals surface area contributed by atoms with Crippen LogP contribution >= 0.6 is 0 Å². The van der Waals surface area contributed by atoms with Crippen LogP contribution in [0.2, 0.25) is 0 Å². The van der Waals surface area contributed by atoms with Crippen molar-refractivity contribution < 1.29 is 14.3 Å². The Labute approximate surface area is 148 Å². The highest BCUT2D eigenvalue weighted by Gasteiger charge is 2.68. The van der Waals surface area contributed by atoms with E-state index in [-0.39, 0.29) is 17.4 Å². The quantitative estimate of drug-likeness (QED) is 0.774. The standard InChI is InChI=1S/C20H24N2O3/c1-13-8-15(23)11-19-6-7-22(12-21)18(20(13,19)25-3)9-14-4-5-16(24-2)10-17(14)19/h4-5,10,13,18H,6-9,11H2,1-3H3/t13?,18-,19-,20-/m1/s1. The molecule has 2 fully saturated rings. The van der Waals surface area contributed by atoms with Crippen molar-refractivity contribution in [1.82, 2.24) is 4.90 Å². The SMILES string of the molecule is COc1ccc2c(c1)[C@]13CCN(C#N)[C@H](C2)[C@]1(OC)C(C)CC(=O)C3. The molecular formula is C20H24N2O3. The number of carbonyl (C=O) groups excluding carboxylic acids is 1. The van der Waals surface area contributed by atoms with Crippen LogP contribution in [0, 0.1) is 17.4 Å². The lowest BCUT2D eigenvalue weighted by Crippen LogP contribution is -2.75. The van der Waals surface area contributed by atoms with E-state index in [0.29, 0.717) is 25.2 Å². The summed E-state index contributed by atoms with van der Waals surface area (Å²) in [6.07, 6.45) is 4.90. The summed E-state index contributed by atoms with van der Waals surface area (Å²) in [5.41, 5.74) is 1.49. The maximum atomic E-state index is 12.6. The highest BCUT2D eigenvalue weighted by atomic mass is 16.5. The highest BCUT2D eigenvalue weighted by molar-refractivity contribution is 5.83. The molecule has 0 aromatic heterocycles. The van der Waals surface area contributed by atoms with E-state index in [0.717, 1.165) is 18.6 Å². The monoisotopic (exact) mass is 340 g/mol. The number of nitrogens with zero attached hydrogens (tertiary/aromatic N) is 2. The van der Waals surface area contributed by atoms with Gasteiger partial charge >= 0.3 is 0 Å². The first-order chi connectivity index (χ1) is 12.0. The van der Waals surface area contributed by atoms with Crippen LogP contribution in [0.5, 0.6) is 5.75 Å². The molecule has 25 heavy (non-hydrogen) atoms. The average molecular weight is 340 g/mol. The number of rotatable bonds is 2. The van der Waals surface area contributed by atoms with Gasteiger partial charge < -0.3 is 14.4 Å². The van der Waals surface area contributed by atoms with Crippen LogP contribution in [0.25, 0.3) is 0 Å². The number of benzene rings is 1. The fourth-order valence-corrected chi connectivity index (χ4v) is 6.01. The Morgan fingerprint density at radius 2 is 2.12 bits per heavy atom. The number of fused-ring (bicyclic) bond motifs is 1. The molecule has 1 unspecified atom stereocenters. The molecule has 4 atom stereocenters. The van der Waals surface area contributed by atoms with Crippen LogP contribution in [-0.4, -0.2) is 43.1 Å². The second-order valence-corrected chi connectivity index (χ2v) is 7.69. The number of piperidine rings is 1. The molecule has 1 aromatic carbocycles. The van der Waals surface area contributed by atoms with Gasteiger partial charge in [0.05, 0.1) is 13.2 Å². The molecule has 0 N–H and O–H groups in total. The van der Waals surface area contributed by atoms with E-state index in [1.165, 1.54) is 11.1 Å². The van der Waals surface area contributed by atoms with E-state index in [1.807, 2.05) is 11.0 Å². The minimum atomic E-state index is -0.520. The molecule has 5 nitrogen and oxygen atoms in total. The summed E-state index contributed by atoms with van der Waals surface area (Å²) in [5, 5.41) is 9.70. The molecule has 132 valence electrons. The molecule has 2 aliphatic carbocycles. The van der Waals surface area contributed by atoms with Crippen molar-refractivity contribution in [3.05, 3.63) is 29.3 Å². The van der Waals surface area contributed by atoms with Gasteiger partial charge in [-0.25, -0.2) is 0 Å². The molecule has 0 amide bonds. The minimum Gasteiger partial charge on any atom is -0.497 e. The van der Waals surface area contributed by atoms with Crippen molar-refractivity contribution >= 4 is 5.78 Å². The molecule has 1 aromatic rings. The zero-order valence-electron chi connectivity index (χ0n) is 15.0. The van der Waals surface area contributed by atoms with Gasteiger partial charge in [0.25, 0.3) is 0 Å². The predicted molar refractivity (Wildman–Crippen MR) is 92.2 cm³/mol. The summed E-state index contributed by atoms with van der Waals surface area (Å²) in [5.74, 6) is 1.17. The fraction of sp³-hybridized carbons (Fsp3) is 0.600. The van der Waals surface area contributed by atoms with Crippen molar-refractivity contribution in [3.63, 3.8) is 0 Å². The highest BCUT2D eigenvalue weighted by Crippen LogP contribution is 2.61. The first-order valence-corrected chi connectivity index (χ1v) is 8.93. The summed E-state index contributed by atoms with van der Waals surface area (Å²) in [6, 6.07) is 6.12. The molecule has 1 saturated carbocycles. The third-order valence-electron chi connectivity index (χ3n) is 6.88. The van der Waals surface area contributed by atoms with Gasteiger partial charge in [0.1, 0.15) is 17.1 Å². The summed E-state index contributed by atoms with van der Waals surface area (Å²) in [7, 11) is 3.42. The molecule has 2 bridgehead atoms. The average Bonchev–Trinajstić information content (AvgIpc) is 2.61. The van der Waals surface area contributed by atoms with E-state index in [2.05, 4.69) is 25.2 Å². The molecule has 4 rings (SSSR count). The predicted octanol–water partition coefficient (Wildman–Crippen LogP) is 2.43. The summed E-state index contributed by atoms with van der Waals surface area (Å²) < 4.78 is 11.7. The third-order valence-corrected chi connectivity index (χ3v) is 6.88. The Morgan fingerprint density at radius 1 is 1.32 bits per heavy atom. The number of ether oxygens (including phenoxy) is 2. The second kappa shape index (κ2) is 5.47. The van der Waals surface area contributed by atoms with Gasteiger partial charge in [0.15, 0.2) is 6.19 Å². The van der Waals surface area contributed by atoms with Crippen LogP contribution in [0.4, 0.5) is 0 Å². The lowest BCUT2D eigenvalue weighted by Gasteiger charge is -2.66. The van der Waals surface area contributed by atoms with Crippen molar-refractivity contribution in [2.24, 2.45) is 5.92 Å². The van der Waals surface area contributed by atoms with Crippen molar-refractivity contribution in [2.45, 2.75) is 49.7 Å². The molecule has 3 aliphatic rings. The van der Waals surface area contributed by atoms with E-state index >= 15 is 0 Å². The van der Waals surface area contributed by atoms with E-state index in [4.69, 9.17) is 9.47 Å². The summed E-state index contributed by atoms with van der Waals surface area (Å²) in [4.78, 5) is 14.5. The first kappa shape index (κ1) is 16.4. The number of hydrogen-bond acceptors (Lipinski definition) is 5. The van der Waals surface area contributed by atoms with Crippen molar-refractivity contribution in [3.8, 4) is 11.9 Å². The van der Waals surface area contributed by atoms with Gasteiger partial charge in [-0.3, -0.25) is 4.79 Å². The number of likely N-dealkylation sites (tertiary alicyclic amines) is 1. The van der Waals surface area contributed by atoms with Gasteiger partial charge in [-0.05, 0) is 42.0 Å². The Balaban J connectivity index is 2.01. The Kier molecular flexibility index (Phi) is 3.59. The zero-order chi connectivity index (χ0) is 17.8. The molecule has 0 radical (unpaired) electrons. The number of Topliss-reactive ketones (excluding diaryl/α,β-unsaturated/α-hetero) is 1. The van der Waals surface area contributed by atoms with Gasteiger partial charge in [0.2, 0.25) is 0 Å². The minimum absolute atomic E-state index is 0.0276. The summed E-state index contributed by atoms with van der Waals surface area (Å²) >= 11 is 0. The lowest BCUT2D eigenvalue weighted by molar-refractivity contribution is -0.201. The van der Waals surface area contributed by atoms with E-state index < -0.39 is 5.60 Å². The van der Waals surface area contributed by atoms with Gasteiger partial charge in [-0.2, -0.15) is 5.26 Å². The van der Waals surface area contributed by atoms with Crippen LogP contribution < -0.4 is 4.74 Å². The van der Waals surface area contributed by atoms with E-state index in [9.17, 15) is 10.1 Å². The maximum Gasteiger partial charge on any atom is 0.179 e. The van der Waals surface area contributed by atoms with Crippen molar-refractivity contribution in [2.75, 3.05) is 20.8 Å². The van der Waals surface area contributed by atoms with Crippen LogP contribution in [0.15, 0.2) is 18.2 Å². The van der Waals surface area contributed by atoms with Gasteiger partial charge in [-0.15, -0.1) is 0 Å². The lowest BCUT2D eigenvalue weighted by atomic mass is 9.46. The molecule has 1 heterocycles. The first-order valence-electron chi connectivity index (χ1n) is 8.93. The van der Waals surface area contributed by atoms with Gasteiger partial charge in [-0.1, -0.05) is 13.0 Å². The Hall–Kier alpha value is -2.06. The number of hydrogen-bond donors (Lipinski definition) is 0. The van der Waals surface area contributed by atoms with E-state index in [1.54, 1.807) is 14.2 Å². The number of carbonyl (C=O) groups is 1. The Morgan fingerprint density at radius 3 is 2.80 bits per heavy atom. The Bertz CT molecular complexity index is 771. The van der Waals surface area contributed by atoms with Crippen LogP contribution in [0.1, 0.15) is 37.3 Å². The zero-order valence-corrected chi connectivity index (χ0v) is 15.0. The molecule has 0 spiro atoms. The number of nitriles is 1. The summed E-state index contributed by atoms with van der Waals surface area (Å²) in [6.45, 7) is 2.78. The topological polar surface area (TPSA) is 62.6 Å². The molecular weight excluding hydrogens is 316 g/mol. The van der Waals surface area contributed by atoms with Crippen LogP contribution in [0.3, 0.4) is 0 Å². The normalized spacial score (nSPS) is 36.2. The fourth-order valence-electron chi connectivity index (χ4n) is 6.01. The third kappa shape index (κ3) is 1.89. The molecule has 1 aliphatic heterocycles. The maximum absolute atomic E-state index is 12.6. The molecule has 5 heteroatoms. The van der Waals surface area contributed by atoms with Crippen LogP contribution in [-0.2, 0) is 21.4 Å². The van der Waals surface area contributed by atoms with Crippen molar-refractivity contribution in [1.29, 1.82) is 5.26 Å². The largest absolute Gasteiger partial charge is 0.497 e.